The number of aryl methyl sites for hydroxylation is 1. The molecule has 10 nitrogen and oxygen atoms in total. The molecule has 2 N–H and O–H groups in total. The number of nitrogens with zero attached hydrogens (tertiary/aromatic N) is 7. The van der Waals surface area contributed by atoms with Crippen LogP contribution in [0.2, 0.25) is 5.02 Å². The summed E-state index contributed by atoms with van der Waals surface area (Å²) in [4.78, 5) is 31.0. The van der Waals surface area contributed by atoms with E-state index in [0.717, 1.165) is 46.5 Å². The molecule has 190 valence electrons. The van der Waals surface area contributed by atoms with Gasteiger partial charge in [-0.2, -0.15) is 4.68 Å². The van der Waals surface area contributed by atoms with Crippen molar-refractivity contribution in [2.75, 3.05) is 0 Å². The number of rotatable bonds is 4. The van der Waals surface area contributed by atoms with Crippen LogP contribution >= 0.6 is 11.6 Å². The number of aromatic amines is 2. The number of aromatic nitrogens is 8. The van der Waals surface area contributed by atoms with Crippen LogP contribution in [0.15, 0.2) is 49.2 Å². The van der Waals surface area contributed by atoms with Crippen molar-refractivity contribution in [1.29, 1.82) is 0 Å². The number of carbonyl (C=O) groups is 1. The highest BCUT2D eigenvalue weighted by Crippen LogP contribution is 2.44. The van der Waals surface area contributed by atoms with Gasteiger partial charge in [-0.3, -0.25) is 9.78 Å². The molecule has 0 radical (unpaired) electrons. The standard InChI is InChI=1S/C26H21ClFN9O/c1-13-6-16-17(9-30-19(16)10-29-13)20-11-31-26(33-20)22-4-2-15-7-14(8-23(38)37(15)22)24-21(36-12-32-34-35-36)5-3-18(27)25(24)28/h3,5-6,8-12,15,22,30H,2,4,7H2,1H3,(H,31,33)/t15?,22-/m0/s1. The number of nitrogens with one attached hydrogen (secondary N) is 2. The molecule has 5 aromatic rings. The summed E-state index contributed by atoms with van der Waals surface area (Å²) >= 11 is 6.13. The van der Waals surface area contributed by atoms with Crippen molar-refractivity contribution >= 4 is 34.0 Å². The fraction of sp³-hybridized carbons (Fsp3) is 0.231. The zero-order chi connectivity index (χ0) is 26.0. The van der Waals surface area contributed by atoms with Crippen LogP contribution in [0.1, 0.15) is 42.4 Å². The summed E-state index contributed by atoms with van der Waals surface area (Å²) in [6, 6.07) is 4.85. The number of carbonyl (C=O) groups excluding carboxylic acids is 1. The van der Waals surface area contributed by atoms with E-state index in [4.69, 9.17) is 11.6 Å². The van der Waals surface area contributed by atoms with Crippen LogP contribution in [-0.4, -0.2) is 57.0 Å². The Morgan fingerprint density at radius 1 is 1.18 bits per heavy atom. The number of tetrazole rings is 1. The van der Waals surface area contributed by atoms with Gasteiger partial charge in [0, 0.05) is 40.5 Å². The van der Waals surface area contributed by atoms with E-state index in [1.807, 2.05) is 30.3 Å². The van der Waals surface area contributed by atoms with Crippen LogP contribution in [0.25, 0.3) is 33.4 Å². The minimum absolute atomic E-state index is 0.0247. The normalized spacial score (nSPS) is 19.3. The lowest BCUT2D eigenvalue weighted by Crippen LogP contribution is -2.39. The third-order valence-electron chi connectivity index (χ3n) is 7.40. The van der Waals surface area contributed by atoms with Crippen molar-refractivity contribution < 1.29 is 9.18 Å². The molecular weight excluding hydrogens is 509 g/mol. The fourth-order valence-corrected chi connectivity index (χ4v) is 5.85. The van der Waals surface area contributed by atoms with Crippen molar-refractivity contribution in [3.05, 3.63) is 77.1 Å². The molecule has 0 saturated carbocycles. The molecule has 1 amide bonds. The van der Waals surface area contributed by atoms with Gasteiger partial charge in [-0.15, -0.1) is 5.10 Å². The first-order valence-electron chi connectivity index (χ1n) is 12.2. The van der Waals surface area contributed by atoms with Crippen molar-refractivity contribution in [3.8, 4) is 16.9 Å². The first-order valence-corrected chi connectivity index (χ1v) is 12.6. The molecule has 0 aliphatic carbocycles. The lowest BCUT2D eigenvalue weighted by atomic mass is 9.92. The van der Waals surface area contributed by atoms with Gasteiger partial charge < -0.3 is 14.9 Å². The van der Waals surface area contributed by atoms with Gasteiger partial charge in [-0.25, -0.2) is 9.37 Å². The van der Waals surface area contributed by atoms with Gasteiger partial charge in [0.2, 0.25) is 5.91 Å². The summed E-state index contributed by atoms with van der Waals surface area (Å²) in [6.07, 6.45) is 10.4. The fourth-order valence-electron chi connectivity index (χ4n) is 5.70. The Hall–Kier alpha value is -4.38. The first kappa shape index (κ1) is 22.8. The van der Waals surface area contributed by atoms with E-state index in [1.54, 1.807) is 12.3 Å². The zero-order valence-electron chi connectivity index (χ0n) is 20.2. The summed E-state index contributed by atoms with van der Waals surface area (Å²) < 4.78 is 16.7. The van der Waals surface area contributed by atoms with E-state index in [9.17, 15) is 4.79 Å². The number of pyridine rings is 1. The third-order valence-corrected chi connectivity index (χ3v) is 7.70. The third kappa shape index (κ3) is 3.53. The number of H-pyrrole nitrogens is 2. The van der Waals surface area contributed by atoms with Crippen molar-refractivity contribution in [1.82, 2.24) is 45.0 Å². The van der Waals surface area contributed by atoms with E-state index in [-0.39, 0.29) is 28.6 Å². The van der Waals surface area contributed by atoms with E-state index >= 15 is 4.39 Å². The molecule has 6 heterocycles. The second-order valence-corrected chi connectivity index (χ2v) is 10.0. The largest absolute Gasteiger partial charge is 0.359 e. The predicted molar refractivity (Wildman–Crippen MR) is 138 cm³/mol. The Morgan fingerprint density at radius 3 is 2.92 bits per heavy atom. The number of hydrogen-bond donors (Lipinski definition) is 2. The molecule has 2 aliphatic heterocycles. The molecule has 0 spiro atoms. The van der Waals surface area contributed by atoms with Gasteiger partial charge in [0.25, 0.3) is 0 Å². The summed E-state index contributed by atoms with van der Waals surface area (Å²) in [6.45, 7) is 1.96. The molecule has 1 saturated heterocycles. The number of imidazole rings is 1. The van der Waals surface area contributed by atoms with Crippen LogP contribution in [0, 0.1) is 12.7 Å². The highest BCUT2D eigenvalue weighted by molar-refractivity contribution is 6.31. The SMILES string of the molecule is Cc1cc2c(-c3cnc([C@@H]4CCC5CC(c6c(-n7cnnn7)ccc(Cl)c6F)=CC(=O)N54)[nH]3)c[nH]c2cn1. The Kier molecular flexibility index (Phi) is 5.15. The van der Waals surface area contributed by atoms with Crippen LogP contribution in [0.4, 0.5) is 4.39 Å². The van der Waals surface area contributed by atoms with Gasteiger partial charge in [-0.1, -0.05) is 11.6 Å². The average molecular weight is 530 g/mol. The summed E-state index contributed by atoms with van der Waals surface area (Å²) in [5, 5.41) is 12.2. The van der Waals surface area contributed by atoms with Gasteiger partial charge in [0.1, 0.15) is 12.2 Å². The van der Waals surface area contributed by atoms with Crippen LogP contribution in [0.5, 0.6) is 0 Å². The molecular formula is C26H21ClFN9O. The molecule has 0 bridgehead atoms. The molecule has 1 unspecified atom stereocenters. The Bertz CT molecular complexity index is 1740. The minimum atomic E-state index is -0.596. The summed E-state index contributed by atoms with van der Waals surface area (Å²) in [5.74, 6) is -0.0507. The van der Waals surface area contributed by atoms with Crippen LogP contribution < -0.4 is 0 Å². The second kappa shape index (κ2) is 8.59. The smallest absolute Gasteiger partial charge is 0.247 e. The molecule has 1 fully saturated rings. The summed E-state index contributed by atoms with van der Waals surface area (Å²) in [5.41, 5.74) is 4.98. The monoisotopic (exact) mass is 529 g/mol. The van der Waals surface area contributed by atoms with Gasteiger partial charge in [0.15, 0.2) is 5.82 Å². The van der Waals surface area contributed by atoms with Gasteiger partial charge in [0.05, 0.1) is 40.4 Å². The highest BCUT2D eigenvalue weighted by Gasteiger charge is 2.42. The maximum atomic E-state index is 15.3. The summed E-state index contributed by atoms with van der Waals surface area (Å²) in [7, 11) is 0. The van der Waals surface area contributed by atoms with Gasteiger partial charge in [-0.05, 0) is 60.4 Å². The predicted octanol–water partition coefficient (Wildman–Crippen LogP) is 4.55. The van der Waals surface area contributed by atoms with E-state index in [2.05, 4.69) is 35.5 Å². The van der Waals surface area contributed by atoms with E-state index < -0.39 is 5.82 Å². The lowest BCUT2D eigenvalue weighted by Gasteiger charge is -2.33. The van der Waals surface area contributed by atoms with Crippen molar-refractivity contribution in [2.45, 2.75) is 38.3 Å². The maximum Gasteiger partial charge on any atom is 0.247 e. The van der Waals surface area contributed by atoms with Crippen LogP contribution in [0.3, 0.4) is 0 Å². The van der Waals surface area contributed by atoms with Crippen LogP contribution in [-0.2, 0) is 4.79 Å². The molecule has 7 rings (SSSR count). The molecule has 1 aromatic carbocycles. The Labute approximate surface area is 220 Å². The molecule has 4 aromatic heterocycles. The molecule has 2 aliphatic rings. The first-order chi connectivity index (χ1) is 18.5. The quantitative estimate of drug-likeness (QED) is 0.352. The number of benzene rings is 1. The highest BCUT2D eigenvalue weighted by atomic mass is 35.5. The average Bonchev–Trinajstić information content (AvgIpc) is 3.70. The Balaban J connectivity index is 1.22. The van der Waals surface area contributed by atoms with Gasteiger partial charge >= 0.3 is 0 Å². The van der Waals surface area contributed by atoms with Crippen molar-refractivity contribution in [2.24, 2.45) is 0 Å². The molecule has 2 atom stereocenters. The molecule has 12 heteroatoms. The number of amides is 1. The van der Waals surface area contributed by atoms with E-state index in [0.29, 0.717) is 17.7 Å². The number of halogens is 2. The minimum Gasteiger partial charge on any atom is -0.359 e. The van der Waals surface area contributed by atoms with Crippen molar-refractivity contribution in [3.63, 3.8) is 0 Å². The topological polar surface area (TPSA) is 121 Å². The number of hydrogen-bond acceptors (Lipinski definition) is 6. The lowest BCUT2D eigenvalue weighted by molar-refractivity contribution is -0.129. The Morgan fingerprint density at radius 2 is 2.08 bits per heavy atom. The maximum absolute atomic E-state index is 15.3. The second-order valence-electron chi connectivity index (χ2n) is 9.63. The number of fused-ring (bicyclic) bond motifs is 2. The molecule has 38 heavy (non-hydrogen) atoms. The zero-order valence-corrected chi connectivity index (χ0v) is 20.9. The van der Waals surface area contributed by atoms with E-state index in [1.165, 1.54) is 23.2 Å².